The molecule has 0 saturated heterocycles. The third-order valence-corrected chi connectivity index (χ3v) is 4.18. The zero-order valence-corrected chi connectivity index (χ0v) is 14.3. The van der Waals surface area contributed by atoms with Crippen molar-refractivity contribution in [1.29, 1.82) is 0 Å². The van der Waals surface area contributed by atoms with E-state index in [1.165, 1.54) is 42.6 Å². The van der Waals surface area contributed by atoms with E-state index < -0.39 is 29.3 Å². The second-order valence-electron chi connectivity index (χ2n) is 6.07. The lowest BCUT2D eigenvalue weighted by Crippen LogP contribution is -2.13. The van der Waals surface area contributed by atoms with Gasteiger partial charge in [0.05, 0.1) is 17.5 Å². The van der Waals surface area contributed by atoms with Crippen LogP contribution < -0.4 is 0 Å². The molecule has 0 fully saturated rings. The van der Waals surface area contributed by atoms with Gasteiger partial charge in [-0.15, -0.1) is 0 Å². The summed E-state index contributed by atoms with van der Waals surface area (Å²) in [6, 6.07) is 9.33. The highest BCUT2D eigenvalue weighted by Gasteiger charge is 2.31. The lowest BCUT2D eigenvalue weighted by atomic mass is 9.88. The summed E-state index contributed by atoms with van der Waals surface area (Å²) in [7, 11) is 0. The Morgan fingerprint density at radius 2 is 1.75 bits per heavy atom. The average molecular weight is 390 g/mol. The molecule has 0 radical (unpaired) electrons. The quantitative estimate of drug-likeness (QED) is 0.505. The van der Waals surface area contributed by atoms with Gasteiger partial charge >= 0.3 is 6.18 Å². The summed E-state index contributed by atoms with van der Waals surface area (Å²) in [6.07, 6.45) is -2.31. The van der Waals surface area contributed by atoms with E-state index in [4.69, 9.17) is 0 Å². The van der Waals surface area contributed by atoms with Crippen molar-refractivity contribution in [1.82, 2.24) is 9.97 Å². The Kier molecular flexibility index (Phi) is 5.39. The van der Waals surface area contributed by atoms with Crippen LogP contribution in [0, 0.1) is 5.82 Å². The highest BCUT2D eigenvalue weighted by molar-refractivity contribution is 5.95. The van der Waals surface area contributed by atoms with Crippen molar-refractivity contribution in [2.75, 3.05) is 0 Å². The number of aromatic hydroxyl groups is 1. The Bertz CT molecular complexity index is 971. The first-order valence-corrected chi connectivity index (χ1v) is 8.21. The second kappa shape index (κ2) is 7.75. The van der Waals surface area contributed by atoms with Crippen molar-refractivity contribution in [2.45, 2.75) is 18.5 Å². The number of aromatic nitrogens is 2. The number of carbonyl (C=O) groups is 1. The van der Waals surface area contributed by atoms with Gasteiger partial charge in [-0.05, 0) is 42.0 Å². The van der Waals surface area contributed by atoms with Crippen LogP contribution in [-0.4, -0.2) is 20.9 Å². The van der Waals surface area contributed by atoms with Crippen LogP contribution in [0.15, 0.2) is 60.9 Å². The highest BCUT2D eigenvalue weighted by Crippen LogP contribution is 2.33. The summed E-state index contributed by atoms with van der Waals surface area (Å²) in [5.41, 5.74) is -0.527. The van der Waals surface area contributed by atoms with Gasteiger partial charge in [-0.1, -0.05) is 12.1 Å². The van der Waals surface area contributed by atoms with Crippen molar-refractivity contribution in [2.24, 2.45) is 0 Å². The van der Waals surface area contributed by atoms with Crippen molar-refractivity contribution < 1.29 is 27.5 Å². The molecular weight excluding hydrogens is 376 g/mol. The Hall–Kier alpha value is -3.29. The number of rotatable bonds is 5. The van der Waals surface area contributed by atoms with Gasteiger partial charge < -0.3 is 5.11 Å². The molecule has 0 spiro atoms. The van der Waals surface area contributed by atoms with E-state index in [0.717, 1.165) is 18.3 Å². The van der Waals surface area contributed by atoms with Crippen LogP contribution in [0.2, 0.25) is 0 Å². The molecule has 1 atom stereocenters. The van der Waals surface area contributed by atoms with Crippen molar-refractivity contribution in [3.63, 3.8) is 0 Å². The molecule has 1 aromatic carbocycles. The van der Waals surface area contributed by atoms with E-state index in [1.807, 2.05) is 0 Å². The van der Waals surface area contributed by atoms with Gasteiger partial charge in [-0.25, -0.2) is 9.37 Å². The first kappa shape index (κ1) is 19.5. The minimum absolute atomic E-state index is 0.0469. The van der Waals surface area contributed by atoms with E-state index in [2.05, 4.69) is 9.97 Å². The third kappa shape index (κ3) is 4.33. The third-order valence-electron chi connectivity index (χ3n) is 4.18. The number of halogens is 4. The average Bonchev–Trinajstić information content (AvgIpc) is 2.66. The summed E-state index contributed by atoms with van der Waals surface area (Å²) < 4.78 is 52.7. The molecule has 3 rings (SSSR count). The normalized spacial score (nSPS) is 12.6. The molecule has 0 unspecified atom stereocenters. The largest absolute Gasteiger partial charge is 0.506 e. The molecule has 1 N–H and O–H groups in total. The van der Waals surface area contributed by atoms with Crippen LogP contribution in [-0.2, 0) is 6.18 Å². The zero-order valence-electron chi connectivity index (χ0n) is 14.3. The molecular formula is C20H14F4N2O2. The molecule has 0 amide bonds. The van der Waals surface area contributed by atoms with Gasteiger partial charge in [0.1, 0.15) is 17.3 Å². The lowest BCUT2D eigenvalue weighted by molar-refractivity contribution is -0.137. The van der Waals surface area contributed by atoms with Crippen LogP contribution in [0.1, 0.15) is 39.6 Å². The van der Waals surface area contributed by atoms with Crippen LogP contribution in [0.25, 0.3) is 0 Å². The molecule has 4 nitrogen and oxygen atoms in total. The maximum Gasteiger partial charge on any atom is 0.416 e. The van der Waals surface area contributed by atoms with Crippen LogP contribution >= 0.6 is 0 Å². The van der Waals surface area contributed by atoms with Gasteiger partial charge in [-0.2, -0.15) is 13.2 Å². The zero-order chi connectivity index (χ0) is 20.3. The number of ketones is 1. The molecule has 144 valence electrons. The summed E-state index contributed by atoms with van der Waals surface area (Å²) in [4.78, 5) is 20.4. The number of hydrogen-bond donors (Lipinski definition) is 1. The number of hydrogen-bond acceptors (Lipinski definition) is 4. The molecule has 8 heteroatoms. The van der Waals surface area contributed by atoms with E-state index in [1.54, 1.807) is 0 Å². The monoisotopic (exact) mass is 390 g/mol. The maximum absolute atomic E-state index is 14.3. The van der Waals surface area contributed by atoms with Crippen molar-refractivity contribution in [3.05, 3.63) is 89.3 Å². The van der Waals surface area contributed by atoms with Gasteiger partial charge in [0.2, 0.25) is 0 Å². The molecule has 2 aromatic heterocycles. The molecule has 28 heavy (non-hydrogen) atoms. The SMILES string of the molecule is O=C(C[C@@H](c1ccc(C(F)(F)F)cc1)c1ncccc1F)c1ccc(O)cn1. The molecule has 0 bridgehead atoms. The summed E-state index contributed by atoms with van der Waals surface area (Å²) in [5, 5.41) is 9.28. The summed E-state index contributed by atoms with van der Waals surface area (Å²) in [6.45, 7) is 0. The molecule has 0 saturated carbocycles. The Morgan fingerprint density at radius 3 is 2.32 bits per heavy atom. The van der Waals surface area contributed by atoms with Gasteiger partial charge in [0.25, 0.3) is 0 Å². The maximum atomic E-state index is 14.3. The van der Waals surface area contributed by atoms with E-state index in [0.29, 0.717) is 5.56 Å². The van der Waals surface area contributed by atoms with E-state index in [9.17, 15) is 27.5 Å². The number of benzene rings is 1. The van der Waals surface area contributed by atoms with Gasteiger partial charge in [0.15, 0.2) is 5.78 Å². The number of pyridine rings is 2. The smallest absolute Gasteiger partial charge is 0.416 e. The fraction of sp³-hybridized carbons (Fsp3) is 0.150. The predicted molar refractivity (Wildman–Crippen MR) is 92.3 cm³/mol. The number of alkyl halides is 3. The first-order chi connectivity index (χ1) is 13.3. The summed E-state index contributed by atoms with van der Waals surface area (Å²) >= 11 is 0. The molecule has 2 heterocycles. The number of Topliss-reactive ketones (excluding diaryl/α,β-unsaturated/α-hetero) is 1. The predicted octanol–water partition coefficient (Wildman–Crippen LogP) is 4.75. The minimum Gasteiger partial charge on any atom is -0.506 e. The van der Waals surface area contributed by atoms with E-state index >= 15 is 0 Å². The topological polar surface area (TPSA) is 63.1 Å². The molecule has 0 aliphatic rings. The first-order valence-electron chi connectivity index (χ1n) is 8.21. The van der Waals surface area contributed by atoms with Crippen LogP contribution in [0.4, 0.5) is 17.6 Å². The van der Waals surface area contributed by atoms with Crippen LogP contribution in [0.5, 0.6) is 5.75 Å². The Labute approximate surface area is 157 Å². The van der Waals surface area contributed by atoms with E-state index in [-0.39, 0.29) is 23.6 Å². The Balaban J connectivity index is 1.97. The second-order valence-corrected chi connectivity index (χ2v) is 6.07. The van der Waals surface area contributed by atoms with Gasteiger partial charge in [-0.3, -0.25) is 9.78 Å². The molecule has 0 aliphatic carbocycles. The summed E-state index contributed by atoms with van der Waals surface area (Å²) in [5.74, 6) is -2.15. The van der Waals surface area contributed by atoms with Crippen LogP contribution in [0.3, 0.4) is 0 Å². The standard InChI is InChI=1S/C20H14F4N2O2/c21-16-2-1-9-25-19(16)15(10-18(28)17-8-7-14(27)11-26-17)12-3-5-13(6-4-12)20(22,23)24/h1-9,11,15,27H,10H2/t15-/m0/s1. The highest BCUT2D eigenvalue weighted by atomic mass is 19.4. The molecule has 0 aliphatic heterocycles. The minimum atomic E-state index is -4.50. The fourth-order valence-corrected chi connectivity index (χ4v) is 2.77. The van der Waals surface area contributed by atoms with Crippen molar-refractivity contribution in [3.8, 4) is 5.75 Å². The Morgan fingerprint density at radius 1 is 1.04 bits per heavy atom. The lowest BCUT2D eigenvalue weighted by Gasteiger charge is -2.18. The number of nitrogens with zero attached hydrogens (tertiary/aromatic N) is 2. The number of carbonyl (C=O) groups excluding carboxylic acids is 1. The van der Waals surface area contributed by atoms with Crippen molar-refractivity contribution >= 4 is 5.78 Å². The molecule has 3 aromatic rings. The van der Waals surface area contributed by atoms with Gasteiger partial charge in [0, 0.05) is 18.5 Å². The fourth-order valence-electron chi connectivity index (χ4n) is 2.77.